The van der Waals surface area contributed by atoms with Crippen LogP contribution in [0.1, 0.15) is 38.5 Å². The van der Waals surface area contributed by atoms with E-state index in [1.54, 1.807) is 6.08 Å². The zero-order chi connectivity index (χ0) is 20.3. The van der Waals surface area contributed by atoms with Crippen LogP contribution < -0.4 is 0 Å². The Labute approximate surface area is 158 Å². The molecule has 0 aromatic carbocycles. The SMILES string of the molecule is O=C(OC(OCC1CC2CCC1C2)(C(F)F)C(F)(F)F)C1(F)CC2C=CC1C2. The fourth-order valence-corrected chi connectivity index (χ4v) is 5.47. The van der Waals surface area contributed by atoms with E-state index >= 15 is 4.39 Å². The summed E-state index contributed by atoms with van der Waals surface area (Å²) in [5.74, 6) is -7.41. The highest BCUT2D eigenvalue weighted by Crippen LogP contribution is 2.52. The maximum atomic E-state index is 15.1. The molecule has 0 saturated heterocycles. The van der Waals surface area contributed by atoms with Crippen molar-refractivity contribution in [3.63, 3.8) is 0 Å². The highest BCUT2D eigenvalue weighted by atomic mass is 19.4. The van der Waals surface area contributed by atoms with Crippen molar-refractivity contribution >= 4 is 5.97 Å². The van der Waals surface area contributed by atoms with Crippen LogP contribution in [-0.2, 0) is 14.3 Å². The molecule has 4 rings (SSSR count). The van der Waals surface area contributed by atoms with Gasteiger partial charge in [0.05, 0.1) is 6.61 Å². The molecule has 3 fully saturated rings. The molecule has 0 N–H and O–H groups in total. The summed E-state index contributed by atoms with van der Waals surface area (Å²) in [5, 5.41) is 0. The number of esters is 1. The highest BCUT2D eigenvalue weighted by molar-refractivity contribution is 5.81. The number of carbonyl (C=O) groups excluding carboxylic acids is 1. The molecule has 4 aliphatic carbocycles. The molecule has 7 atom stereocenters. The van der Waals surface area contributed by atoms with Gasteiger partial charge in [-0.05, 0) is 55.8 Å². The summed E-state index contributed by atoms with van der Waals surface area (Å²) in [6.07, 6.45) is -3.66. The number of hydrogen-bond acceptors (Lipinski definition) is 3. The minimum absolute atomic E-state index is 0.132. The van der Waals surface area contributed by atoms with Crippen LogP contribution in [0.4, 0.5) is 26.3 Å². The third-order valence-corrected chi connectivity index (χ3v) is 6.98. The smallest absolute Gasteiger partial charge is 0.416 e. The molecule has 0 aromatic rings. The Bertz CT molecular complexity index is 665. The first kappa shape index (κ1) is 20.0. The predicted octanol–water partition coefficient (Wildman–Crippen LogP) is 4.81. The Morgan fingerprint density at radius 1 is 1.14 bits per heavy atom. The van der Waals surface area contributed by atoms with E-state index in [4.69, 9.17) is 0 Å². The van der Waals surface area contributed by atoms with Crippen LogP contribution in [0, 0.1) is 29.6 Å². The quantitative estimate of drug-likeness (QED) is 0.272. The van der Waals surface area contributed by atoms with Crippen molar-refractivity contribution in [2.75, 3.05) is 6.61 Å². The summed E-state index contributed by atoms with van der Waals surface area (Å²) in [4.78, 5) is 12.3. The van der Waals surface area contributed by atoms with E-state index in [9.17, 15) is 26.7 Å². The summed E-state index contributed by atoms with van der Waals surface area (Å²) in [7, 11) is 0. The summed E-state index contributed by atoms with van der Waals surface area (Å²) < 4.78 is 92.0. The molecule has 4 aliphatic rings. The molecule has 9 heteroatoms. The average Bonchev–Trinajstić information content (AvgIpc) is 3.37. The molecule has 0 aliphatic heterocycles. The van der Waals surface area contributed by atoms with E-state index in [-0.39, 0.29) is 30.6 Å². The number of allylic oxidation sites excluding steroid dienone is 2. The molecule has 0 aromatic heterocycles. The van der Waals surface area contributed by atoms with Crippen LogP contribution in [0.15, 0.2) is 12.2 Å². The summed E-state index contributed by atoms with van der Waals surface area (Å²) in [5.41, 5.74) is -2.74. The monoisotopic (exact) mass is 412 g/mol. The van der Waals surface area contributed by atoms with Gasteiger partial charge in [0, 0.05) is 5.92 Å². The minimum Gasteiger partial charge on any atom is -0.416 e. The van der Waals surface area contributed by atoms with Crippen LogP contribution in [0.3, 0.4) is 0 Å². The van der Waals surface area contributed by atoms with Gasteiger partial charge in [-0.25, -0.2) is 18.0 Å². The lowest BCUT2D eigenvalue weighted by molar-refractivity contribution is -0.405. The Hall–Kier alpha value is -1.25. The Morgan fingerprint density at radius 3 is 2.36 bits per heavy atom. The van der Waals surface area contributed by atoms with Gasteiger partial charge in [-0.2, -0.15) is 13.2 Å². The largest absolute Gasteiger partial charge is 0.462 e. The first-order valence-corrected chi connectivity index (χ1v) is 9.64. The first-order valence-electron chi connectivity index (χ1n) is 9.64. The lowest BCUT2D eigenvalue weighted by Crippen LogP contribution is -2.59. The standard InChI is InChI=1S/C19H22F6O3/c20-15(21)18(19(23,24)25,27-9-13-6-10-1-3-12(13)5-10)28-16(26)17(22)8-11-2-4-14(17)7-11/h2,4,10-15H,1,3,5-9H2. The van der Waals surface area contributed by atoms with Crippen LogP contribution in [0.5, 0.6) is 0 Å². The van der Waals surface area contributed by atoms with Gasteiger partial charge in [-0.1, -0.05) is 18.6 Å². The van der Waals surface area contributed by atoms with Gasteiger partial charge in [0.15, 0.2) is 0 Å². The Balaban J connectivity index is 1.53. The molecule has 158 valence electrons. The van der Waals surface area contributed by atoms with Crippen molar-refractivity contribution in [3.05, 3.63) is 12.2 Å². The molecular formula is C19H22F6O3. The maximum Gasteiger partial charge on any atom is 0.462 e. The summed E-state index contributed by atoms with van der Waals surface area (Å²) >= 11 is 0. The van der Waals surface area contributed by atoms with Gasteiger partial charge in [0.2, 0.25) is 5.67 Å². The van der Waals surface area contributed by atoms with E-state index in [0.717, 1.165) is 19.3 Å². The highest BCUT2D eigenvalue weighted by Gasteiger charge is 2.69. The zero-order valence-corrected chi connectivity index (χ0v) is 15.1. The number of alkyl halides is 6. The van der Waals surface area contributed by atoms with Crippen molar-refractivity contribution in [3.8, 4) is 0 Å². The molecule has 0 radical (unpaired) electrons. The molecule has 7 unspecified atom stereocenters. The van der Waals surface area contributed by atoms with Crippen LogP contribution in [-0.4, -0.2) is 36.6 Å². The molecule has 3 nitrogen and oxygen atoms in total. The first-order chi connectivity index (χ1) is 13.0. The van der Waals surface area contributed by atoms with Crippen LogP contribution in [0.25, 0.3) is 0 Å². The molecule has 0 spiro atoms. The van der Waals surface area contributed by atoms with Crippen molar-refractivity contribution in [2.24, 2.45) is 29.6 Å². The van der Waals surface area contributed by atoms with Crippen molar-refractivity contribution < 1.29 is 40.6 Å². The van der Waals surface area contributed by atoms with E-state index in [0.29, 0.717) is 12.3 Å². The number of hydrogen-bond donors (Lipinski definition) is 0. The fourth-order valence-electron chi connectivity index (χ4n) is 5.47. The molecule has 0 amide bonds. The second-order valence-electron chi connectivity index (χ2n) is 8.66. The predicted molar refractivity (Wildman–Crippen MR) is 85.0 cm³/mol. The summed E-state index contributed by atoms with van der Waals surface area (Å²) in [6, 6.07) is 0. The van der Waals surface area contributed by atoms with Crippen molar-refractivity contribution in [1.82, 2.24) is 0 Å². The normalized spacial score (nSPS) is 41.0. The molecule has 0 heterocycles. The van der Waals surface area contributed by atoms with Crippen LogP contribution >= 0.6 is 0 Å². The fraction of sp³-hybridized carbons (Fsp3) is 0.842. The van der Waals surface area contributed by atoms with E-state index in [1.165, 1.54) is 6.08 Å². The average molecular weight is 412 g/mol. The molecule has 3 saturated carbocycles. The third-order valence-electron chi connectivity index (χ3n) is 6.98. The molecule has 4 bridgehead atoms. The lowest BCUT2D eigenvalue weighted by Gasteiger charge is -2.37. The van der Waals surface area contributed by atoms with Crippen molar-refractivity contribution in [1.29, 1.82) is 0 Å². The second-order valence-corrected chi connectivity index (χ2v) is 8.66. The molecular weight excluding hydrogens is 390 g/mol. The number of ether oxygens (including phenoxy) is 2. The maximum absolute atomic E-state index is 15.1. The second kappa shape index (κ2) is 6.64. The Morgan fingerprint density at radius 2 is 1.89 bits per heavy atom. The van der Waals surface area contributed by atoms with Crippen molar-refractivity contribution in [2.45, 2.75) is 62.6 Å². The minimum atomic E-state index is -5.70. The van der Waals surface area contributed by atoms with Crippen LogP contribution in [0.2, 0.25) is 0 Å². The van der Waals surface area contributed by atoms with E-state index in [2.05, 4.69) is 9.47 Å². The lowest BCUT2D eigenvalue weighted by atomic mass is 9.89. The van der Waals surface area contributed by atoms with E-state index < -0.39 is 42.6 Å². The zero-order valence-electron chi connectivity index (χ0n) is 15.1. The summed E-state index contributed by atoms with van der Waals surface area (Å²) in [6.45, 7) is -0.594. The Kier molecular flexibility index (Phi) is 4.75. The third kappa shape index (κ3) is 3.04. The number of fused-ring (bicyclic) bond motifs is 4. The van der Waals surface area contributed by atoms with Gasteiger partial charge >= 0.3 is 24.4 Å². The van der Waals surface area contributed by atoms with Gasteiger partial charge in [-0.15, -0.1) is 0 Å². The number of halogens is 6. The van der Waals surface area contributed by atoms with Gasteiger partial charge in [0.25, 0.3) is 0 Å². The van der Waals surface area contributed by atoms with Gasteiger partial charge in [-0.3, -0.25) is 0 Å². The van der Waals surface area contributed by atoms with Gasteiger partial charge < -0.3 is 9.47 Å². The molecule has 28 heavy (non-hydrogen) atoms. The topological polar surface area (TPSA) is 35.5 Å². The number of rotatable bonds is 6. The van der Waals surface area contributed by atoms with E-state index in [1.807, 2.05) is 0 Å². The van der Waals surface area contributed by atoms with Gasteiger partial charge in [0.1, 0.15) is 0 Å². The number of carbonyl (C=O) groups is 1.